The summed E-state index contributed by atoms with van der Waals surface area (Å²) in [7, 11) is 0. The predicted octanol–water partition coefficient (Wildman–Crippen LogP) is 2.53. The Morgan fingerprint density at radius 2 is 2.33 bits per heavy atom. The van der Waals surface area contributed by atoms with Crippen LogP contribution in [-0.4, -0.2) is 12.9 Å². The van der Waals surface area contributed by atoms with Gasteiger partial charge in [-0.3, -0.25) is 0 Å². The summed E-state index contributed by atoms with van der Waals surface area (Å²) < 4.78 is 5.72. The van der Waals surface area contributed by atoms with Gasteiger partial charge in [0.2, 0.25) is 0 Å². The molecule has 2 unspecified atom stereocenters. The van der Waals surface area contributed by atoms with Crippen molar-refractivity contribution in [1.29, 1.82) is 0 Å². The number of benzene rings is 1. The molecule has 0 aliphatic carbocycles. The highest BCUT2D eigenvalue weighted by molar-refractivity contribution is 5.56. The third-order valence-electron chi connectivity index (χ3n) is 3.07. The largest absolute Gasteiger partial charge is 0.372 e. The monoisotopic (exact) mass is 204 g/mol. The molecule has 1 aliphatic heterocycles. The smallest absolute Gasteiger partial charge is 0.126 e. The molecule has 0 radical (unpaired) electrons. The molecule has 0 aromatic heterocycles. The Balaban J connectivity index is 2.32. The van der Waals surface area contributed by atoms with Gasteiger partial charge in [-0.25, -0.2) is 0 Å². The van der Waals surface area contributed by atoms with Gasteiger partial charge >= 0.3 is 0 Å². The van der Waals surface area contributed by atoms with Gasteiger partial charge in [0, 0.05) is 5.92 Å². The van der Waals surface area contributed by atoms with Crippen LogP contribution in [0.4, 0.5) is 0 Å². The second-order valence-corrected chi connectivity index (χ2v) is 3.95. The zero-order chi connectivity index (χ0) is 10.7. The molecule has 0 fully saturated rings. The molecule has 0 bridgehead atoms. The molecule has 2 rings (SSSR count). The number of carbonyl (C=O) groups is 1. The van der Waals surface area contributed by atoms with Gasteiger partial charge in [-0.1, -0.05) is 31.2 Å². The maximum atomic E-state index is 11.0. The molecular formula is C13H16O2. The topological polar surface area (TPSA) is 26.3 Å². The Bertz CT molecular complexity index is 346. The standard InChI is InChI=1S/C13H16O2/c1-2-10(9-14)13-12-6-4-3-5-11(12)7-8-15-13/h3-6,9-10,13H,2,7-8H2,1H3. The summed E-state index contributed by atoms with van der Waals surface area (Å²) in [6.45, 7) is 2.76. The molecule has 2 nitrogen and oxygen atoms in total. The molecule has 0 saturated heterocycles. The molecule has 15 heavy (non-hydrogen) atoms. The quantitative estimate of drug-likeness (QED) is 0.707. The van der Waals surface area contributed by atoms with Crippen LogP contribution in [0.25, 0.3) is 0 Å². The fourth-order valence-electron chi connectivity index (χ4n) is 2.16. The van der Waals surface area contributed by atoms with Crippen molar-refractivity contribution in [2.75, 3.05) is 6.61 Å². The van der Waals surface area contributed by atoms with Gasteiger partial charge in [0.05, 0.1) is 12.7 Å². The molecule has 2 heteroatoms. The second-order valence-electron chi connectivity index (χ2n) is 3.95. The van der Waals surface area contributed by atoms with E-state index in [0.29, 0.717) is 0 Å². The van der Waals surface area contributed by atoms with Crippen LogP contribution in [0.3, 0.4) is 0 Å². The summed E-state index contributed by atoms with van der Waals surface area (Å²) >= 11 is 0. The van der Waals surface area contributed by atoms with E-state index in [1.807, 2.05) is 19.1 Å². The Labute approximate surface area is 90.3 Å². The van der Waals surface area contributed by atoms with Crippen molar-refractivity contribution in [3.8, 4) is 0 Å². The van der Waals surface area contributed by atoms with E-state index in [2.05, 4.69) is 12.1 Å². The molecule has 0 N–H and O–H groups in total. The molecule has 2 atom stereocenters. The van der Waals surface area contributed by atoms with Crippen molar-refractivity contribution in [2.24, 2.45) is 5.92 Å². The van der Waals surface area contributed by atoms with Crippen LogP contribution < -0.4 is 0 Å². The Morgan fingerprint density at radius 1 is 1.53 bits per heavy atom. The molecule has 0 amide bonds. The second kappa shape index (κ2) is 4.58. The van der Waals surface area contributed by atoms with Gasteiger partial charge in [-0.15, -0.1) is 0 Å². The number of carbonyl (C=O) groups excluding carboxylic acids is 1. The van der Waals surface area contributed by atoms with Crippen molar-refractivity contribution in [3.63, 3.8) is 0 Å². The molecule has 80 valence electrons. The Kier molecular flexibility index (Phi) is 3.17. The van der Waals surface area contributed by atoms with Crippen molar-refractivity contribution in [3.05, 3.63) is 35.4 Å². The average Bonchev–Trinajstić information content (AvgIpc) is 2.31. The minimum absolute atomic E-state index is 0.00792. The fourth-order valence-corrected chi connectivity index (χ4v) is 2.16. The van der Waals surface area contributed by atoms with E-state index in [9.17, 15) is 4.79 Å². The Hall–Kier alpha value is -1.15. The minimum atomic E-state index is -0.0301. The van der Waals surface area contributed by atoms with E-state index in [4.69, 9.17) is 4.74 Å². The van der Waals surface area contributed by atoms with Crippen molar-refractivity contribution < 1.29 is 9.53 Å². The number of rotatable bonds is 3. The summed E-state index contributed by atoms with van der Waals surface area (Å²) in [6.07, 6.45) is 2.79. The highest BCUT2D eigenvalue weighted by Crippen LogP contribution is 2.33. The van der Waals surface area contributed by atoms with E-state index in [1.165, 1.54) is 11.1 Å². The summed E-state index contributed by atoms with van der Waals surface area (Å²) in [5, 5.41) is 0. The zero-order valence-corrected chi connectivity index (χ0v) is 8.98. The number of hydrogen-bond acceptors (Lipinski definition) is 2. The maximum Gasteiger partial charge on any atom is 0.126 e. The van der Waals surface area contributed by atoms with Gasteiger partial charge < -0.3 is 9.53 Å². The van der Waals surface area contributed by atoms with Gasteiger partial charge in [-0.2, -0.15) is 0 Å². The van der Waals surface area contributed by atoms with Crippen molar-refractivity contribution in [1.82, 2.24) is 0 Å². The van der Waals surface area contributed by atoms with Crippen LogP contribution in [0.1, 0.15) is 30.6 Å². The summed E-state index contributed by atoms with van der Waals surface area (Å²) in [5.74, 6) is -0.00792. The lowest BCUT2D eigenvalue weighted by Crippen LogP contribution is -2.23. The molecular weight excluding hydrogens is 188 g/mol. The van der Waals surface area contributed by atoms with E-state index in [1.54, 1.807) is 0 Å². The number of ether oxygens (including phenoxy) is 1. The molecule has 1 heterocycles. The third-order valence-corrected chi connectivity index (χ3v) is 3.07. The molecule has 1 aliphatic rings. The summed E-state index contributed by atoms with van der Waals surface area (Å²) in [4.78, 5) is 11.0. The molecule has 0 saturated carbocycles. The third kappa shape index (κ3) is 1.95. The van der Waals surface area contributed by atoms with Gasteiger partial charge in [-0.05, 0) is 24.0 Å². The minimum Gasteiger partial charge on any atom is -0.372 e. The van der Waals surface area contributed by atoms with Crippen LogP contribution in [0.15, 0.2) is 24.3 Å². The van der Waals surface area contributed by atoms with Gasteiger partial charge in [0.25, 0.3) is 0 Å². The van der Waals surface area contributed by atoms with Crippen molar-refractivity contribution >= 4 is 6.29 Å². The van der Waals surface area contributed by atoms with Crippen LogP contribution in [-0.2, 0) is 16.0 Å². The van der Waals surface area contributed by atoms with Crippen LogP contribution >= 0.6 is 0 Å². The number of fused-ring (bicyclic) bond motifs is 1. The van der Waals surface area contributed by atoms with E-state index in [0.717, 1.165) is 25.7 Å². The Morgan fingerprint density at radius 3 is 3.07 bits per heavy atom. The highest BCUT2D eigenvalue weighted by atomic mass is 16.5. The first kappa shape index (κ1) is 10.4. The highest BCUT2D eigenvalue weighted by Gasteiger charge is 2.26. The normalized spacial score (nSPS) is 21.8. The number of aldehydes is 1. The number of hydrogen-bond donors (Lipinski definition) is 0. The SMILES string of the molecule is CCC(C=O)C1OCCc2ccccc21. The first-order chi connectivity index (χ1) is 7.36. The molecule has 1 aromatic carbocycles. The fraction of sp³-hybridized carbons (Fsp3) is 0.462. The summed E-state index contributed by atoms with van der Waals surface area (Å²) in [6, 6.07) is 8.26. The first-order valence-electron chi connectivity index (χ1n) is 5.51. The van der Waals surface area contributed by atoms with Crippen LogP contribution in [0, 0.1) is 5.92 Å². The van der Waals surface area contributed by atoms with Crippen molar-refractivity contribution in [2.45, 2.75) is 25.9 Å². The van der Waals surface area contributed by atoms with E-state index < -0.39 is 0 Å². The van der Waals surface area contributed by atoms with E-state index in [-0.39, 0.29) is 12.0 Å². The predicted molar refractivity (Wildman–Crippen MR) is 58.7 cm³/mol. The lowest BCUT2D eigenvalue weighted by molar-refractivity contribution is -0.117. The van der Waals surface area contributed by atoms with Gasteiger partial charge in [0.1, 0.15) is 6.29 Å². The van der Waals surface area contributed by atoms with Gasteiger partial charge in [0.15, 0.2) is 0 Å². The maximum absolute atomic E-state index is 11.0. The molecule has 1 aromatic rings. The average molecular weight is 204 g/mol. The lowest BCUT2D eigenvalue weighted by Gasteiger charge is -2.29. The van der Waals surface area contributed by atoms with E-state index >= 15 is 0 Å². The van der Waals surface area contributed by atoms with Crippen LogP contribution in [0.2, 0.25) is 0 Å². The first-order valence-corrected chi connectivity index (χ1v) is 5.51. The zero-order valence-electron chi connectivity index (χ0n) is 8.98. The molecule has 0 spiro atoms. The van der Waals surface area contributed by atoms with Crippen LogP contribution in [0.5, 0.6) is 0 Å². The lowest BCUT2D eigenvalue weighted by atomic mass is 9.89. The summed E-state index contributed by atoms with van der Waals surface area (Å²) in [5.41, 5.74) is 2.52.